The van der Waals surface area contributed by atoms with Crippen LogP contribution in [0.4, 0.5) is 10.8 Å². The van der Waals surface area contributed by atoms with Gasteiger partial charge in [0.1, 0.15) is 0 Å². The van der Waals surface area contributed by atoms with Crippen LogP contribution in [0.5, 0.6) is 0 Å². The molecule has 4 rings (SSSR count). The molecule has 0 radical (unpaired) electrons. The number of carbonyl (C=O) groups is 1. The molecule has 1 aromatic heterocycles. The number of hydrogen-bond donors (Lipinski definition) is 2. The van der Waals surface area contributed by atoms with E-state index in [1.807, 2.05) is 24.3 Å². The van der Waals surface area contributed by atoms with E-state index in [4.69, 9.17) is 11.6 Å². The number of rotatable bonds is 7. The standard InChI is InChI=1S/C22H24ClN5O3S2/c1-15-3-2-12-28(14-15)19-10-4-16(5-11-19)13-24-33(30,31)22-27-26-21(32-22)25-20(29)17-6-8-18(23)9-7-17/h4-11,15,24H,2-3,12-14H2,1H3,(H,25,26,29)/t15-/m0/s1. The normalized spacial score (nSPS) is 16.5. The zero-order chi connectivity index (χ0) is 23.4. The molecule has 0 aliphatic carbocycles. The van der Waals surface area contributed by atoms with E-state index in [9.17, 15) is 13.2 Å². The number of amides is 1. The highest BCUT2D eigenvalue weighted by molar-refractivity contribution is 7.91. The van der Waals surface area contributed by atoms with Gasteiger partial charge in [0.2, 0.25) is 9.47 Å². The molecule has 1 fully saturated rings. The van der Waals surface area contributed by atoms with Gasteiger partial charge in [0, 0.05) is 35.9 Å². The number of nitrogens with zero attached hydrogens (tertiary/aromatic N) is 3. The summed E-state index contributed by atoms with van der Waals surface area (Å²) in [6.45, 7) is 4.48. The van der Waals surface area contributed by atoms with Crippen LogP contribution in [0.3, 0.4) is 0 Å². The Morgan fingerprint density at radius 2 is 1.88 bits per heavy atom. The lowest BCUT2D eigenvalue weighted by Gasteiger charge is -2.32. The maximum absolute atomic E-state index is 12.6. The number of halogens is 1. The molecule has 0 unspecified atom stereocenters. The van der Waals surface area contributed by atoms with E-state index < -0.39 is 15.9 Å². The number of carbonyl (C=O) groups excluding carboxylic acids is 1. The Bertz CT molecular complexity index is 1210. The summed E-state index contributed by atoms with van der Waals surface area (Å²) >= 11 is 6.61. The van der Waals surface area contributed by atoms with E-state index in [1.54, 1.807) is 24.3 Å². The third kappa shape index (κ3) is 6.08. The number of aromatic nitrogens is 2. The highest BCUT2D eigenvalue weighted by Gasteiger charge is 2.21. The highest BCUT2D eigenvalue weighted by atomic mass is 35.5. The van der Waals surface area contributed by atoms with Crippen LogP contribution in [0, 0.1) is 5.92 Å². The Morgan fingerprint density at radius 3 is 2.58 bits per heavy atom. The Balaban J connectivity index is 1.35. The average molecular weight is 506 g/mol. The van der Waals surface area contributed by atoms with Gasteiger partial charge in [-0.25, -0.2) is 13.1 Å². The number of hydrogen-bond acceptors (Lipinski definition) is 7. The van der Waals surface area contributed by atoms with Crippen molar-refractivity contribution in [2.24, 2.45) is 5.92 Å². The zero-order valence-electron chi connectivity index (χ0n) is 18.0. The van der Waals surface area contributed by atoms with E-state index in [0.29, 0.717) is 16.5 Å². The summed E-state index contributed by atoms with van der Waals surface area (Å²) in [5.41, 5.74) is 2.37. The van der Waals surface area contributed by atoms with Gasteiger partial charge in [-0.2, -0.15) is 0 Å². The number of benzene rings is 2. The molecule has 1 saturated heterocycles. The maximum Gasteiger partial charge on any atom is 0.270 e. The minimum absolute atomic E-state index is 0.0930. The Hall–Kier alpha value is -2.53. The molecule has 1 aliphatic heterocycles. The van der Waals surface area contributed by atoms with Crippen molar-refractivity contribution in [2.45, 2.75) is 30.6 Å². The monoisotopic (exact) mass is 505 g/mol. The Morgan fingerprint density at radius 1 is 1.15 bits per heavy atom. The van der Waals surface area contributed by atoms with Crippen LogP contribution in [-0.2, 0) is 16.6 Å². The van der Waals surface area contributed by atoms with Crippen LogP contribution >= 0.6 is 22.9 Å². The summed E-state index contributed by atoms with van der Waals surface area (Å²) in [6.07, 6.45) is 2.45. The fourth-order valence-electron chi connectivity index (χ4n) is 3.63. The van der Waals surface area contributed by atoms with E-state index in [1.165, 1.54) is 12.8 Å². The molecule has 33 heavy (non-hydrogen) atoms. The summed E-state index contributed by atoms with van der Waals surface area (Å²) in [7, 11) is -3.87. The molecule has 0 spiro atoms. The van der Waals surface area contributed by atoms with Gasteiger partial charge < -0.3 is 4.90 Å². The van der Waals surface area contributed by atoms with Crippen LogP contribution in [0.1, 0.15) is 35.7 Å². The van der Waals surface area contributed by atoms with Crippen LogP contribution < -0.4 is 14.9 Å². The first-order chi connectivity index (χ1) is 15.8. The van der Waals surface area contributed by atoms with E-state index >= 15 is 0 Å². The van der Waals surface area contributed by atoms with E-state index in [-0.39, 0.29) is 16.0 Å². The Kier molecular flexibility index (Phi) is 7.28. The molecule has 1 atom stereocenters. The first kappa shape index (κ1) is 23.6. The quantitative estimate of drug-likeness (QED) is 0.467. The largest absolute Gasteiger partial charge is 0.371 e. The van der Waals surface area contributed by atoms with Crippen molar-refractivity contribution in [1.29, 1.82) is 0 Å². The number of piperidine rings is 1. The molecule has 1 amide bonds. The first-order valence-electron chi connectivity index (χ1n) is 10.5. The second kappa shape index (κ2) is 10.2. The average Bonchev–Trinajstić information content (AvgIpc) is 3.28. The maximum atomic E-state index is 12.6. The van der Waals surface area contributed by atoms with Gasteiger partial charge >= 0.3 is 0 Å². The summed E-state index contributed by atoms with van der Waals surface area (Å²) in [5, 5.41) is 10.6. The summed E-state index contributed by atoms with van der Waals surface area (Å²) in [4.78, 5) is 14.6. The molecule has 0 bridgehead atoms. The molecule has 2 N–H and O–H groups in total. The lowest BCUT2D eigenvalue weighted by Crippen LogP contribution is -2.34. The molecule has 8 nitrogen and oxygen atoms in total. The fourth-order valence-corrected chi connectivity index (χ4v) is 5.71. The fraction of sp³-hybridized carbons (Fsp3) is 0.318. The smallest absolute Gasteiger partial charge is 0.270 e. The van der Waals surface area contributed by atoms with Crippen LogP contribution in [-0.4, -0.2) is 37.6 Å². The SMILES string of the molecule is C[C@H]1CCCN(c2ccc(CNS(=O)(=O)c3nnc(NC(=O)c4ccc(Cl)cc4)s3)cc2)C1. The molecule has 2 heterocycles. The third-order valence-electron chi connectivity index (χ3n) is 5.39. The van der Waals surface area contributed by atoms with Gasteiger partial charge in [0.15, 0.2) is 0 Å². The first-order valence-corrected chi connectivity index (χ1v) is 13.2. The minimum Gasteiger partial charge on any atom is -0.371 e. The van der Waals surface area contributed by atoms with Gasteiger partial charge in [-0.1, -0.05) is 42.0 Å². The molecular weight excluding hydrogens is 482 g/mol. The van der Waals surface area contributed by atoms with Gasteiger partial charge in [-0.15, -0.1) is 10.2 Å². The summed E-state index contributed by atoms with van der Waals surface area (Å²) < 4.78 is 27.6. The predicted molar refractivity (Wildman–Crippen MR) is 130 cm³/mol. The number of nitrogens with one attached hydrogen (secondary N) is 2. The van der Waals surface area contributed by atoms with Crippen LogP contribution in [0.2, 0.25) is 5.02 Å². The van der Waals surface area contributed by atoms with E-state index in [0.717, 1.165) is 35.7 Å². The van der Waals surface area contributed by atoms with Gasteiger partial charge in [-0.05, 0) is 60.7 Å². The minimum atomic E-state index is -3.87. The molecule has 1 aliphatic rings. The number of sulfonamides is 1. The lowest BCUT2D eigenvalue weighted by atomic mass is 9.99. The van der Waals surface area contributed by atoms with Gasteiger partial charge in [0.05, 0.1) is 0 Å². The molecule has 174 valence electrons. The summed E-state index contributed by atoms with van der Waals surface area (Å²) in [5.74, 6) is 0.251. The highest BCUT2D eigenvalue weighted by Crippen LogP contribution is 2.24. The van der Waals surface area contributed by atoms with E-state index in [2.05, 4.69) is 32.1 Å². The van der Waals surface area contributed by atoms with Gasteiger partial charge in [0.25, 0.3) is 15.9 Å². The van der Waals surface area contributed by atoms with Crippen molar-refractivity contribution in [3.8, 4) is 0 Å². The molecule has 2 aromatic carbocycles. The topological polar surface area (TPSA) is 104 Å². The van der Waals surface area contributed by atoms with Crippen molar-refractivity contribution >= 4 is 49.7 Å². The van der Waals surface area contributed by atoms with Crippen LogP contribution in [0.15, 0.2) is 52.9 Å². The van der Waals surface area contributed by atoms with Gasteiger partial charge in [-0.3, -0.25) is 10.1 Å². The van der Waals surface area contributed by atoms with Crippen molar-refractivity contribution < 1.29 is 13.2 Å². The Labute approximate surface area is 202 Å². The van der Waals surface area contributed by atoms with Crippen molar-refractivity contribution in [2.75, 3.05) is 23.3 Å². The molecule has 3 aromatic rings. The molecule has 0 saturated carbocycles. The predicted octanol–water partition coefficient (Wildman–Crippen LogP) is 4.16. The summed E-state index contributed by atoms with van der Waals surface area (Å²) in [6, 6.07) is 14.2. The lowest BCUT2D eigenvalue weighted by molar-refractivity contribution is 0.102. The van der Waals surface area contributed by atoms with Crippen molar-refractivity contribution in [3.63, 3.8) is 0 Å². The number of anilines is 2. The second-order valence-electron chi connectivity index (χ2n) is 8.02. The van der Waals surface area contributed by atoms with Crippen molar-refractivity contribution in [3.05, 3.63) is 64.7 Å². The third-order valence-corrected chi connectivity index (χ3v) is 8.25. The zero-order valence-corrected chi connectivity index (χ0v) is 20.4. The van der Waals surface area contributed by atoms with Crippen molar-refractivity contribution in [1.82, 2.24) is 14.9 Å². The van der Waals surface area contributed by atoms with Crippen LogP contribution in [0.25, 0.3) is 0 Å². The second-order valence-corrected chi connectivity index (χ2v) is 11.4. The molecule has 11 heteroatoms. The molecular formula is C22H24ClN5O3S2.